The third kappa shape index (κ3) is 3.09. The molecule has 2 heterocycles. The van der Waals surface area contributed by atoms with Gasteiger partial charge in [-0.25, -0.2) is 0 Å². The van der Waals surface area contributed by atoms with Crippen LogP contribution in [0.15, 0.2) is 18.2 Å². The second kappa shape index (κ2) is 5.98. The molecule has 0 aliphatic carbocycles. The van der Waals surface area contributed by atoms with E-state index in [-0.39, 0.29) is 11.6 Å². The highest BCUT2D eigenvalue weighted by Gasteiger charge is 2.40. The van der Waals surface area contributed by atoms with Gasteiger partial charge in [-0.1, -0.05) is 24.6 Å². The van der Waals surface area contributed by atoms with Crippen molar-refractivity contribution in [2.75, 3.05) is 19.6 Å². The van der Waals surface area contributed by atoms with Crippen LogP contribution < -0.4 is 10.5 Å². The lowest BCUT2D eigenvalue weighted by atomic mass is 9.82. The zero-order valence-electron chi connectivity index (χ0n) is 13.4. The van der Waals surface area contributed by atoms with Crippen LogP contribution >= 0.6 is 0 Å². The summed E-state index contributed by atoms with van der Waals surface area (Å²) in [5, 5.41) is 0. The summed E-state index contributed by atoms with van der Waals surface area (Å²) in [7, 11) is 0. The van der Waals surface area contributed by atoms with Crippen molar-refractivity contribution in [2.24, 2.45) is 5.73 Å². The lowest BCUT2D eigenvalue weighted by molar-refractivity contribution is 0.0218. The largest absolute Gasteiger partial charge is 0.487 e. The van der Waals surface area contributed by atoms with Gasteiger partial charge >= 0.3 is 0 Å². The van der Waals surface area contributed by atoms with Gasteiger partial charge in [0, 0.05) is 24.6 Å². The molecule has 21 heavy (non-hydrogen) atoms. The van der Waals surface area contributed by atoms with Crippen LogP contribution in [-0.2, 0) is 0 Å². The standard InChI is InChI=1S/C18H28N2O/c1-3-9-20-10-4-7-18(8-11-20)13-16(19)15-12-14(2)5-6-17(15)21-18/h5-6,12,16H,3-4,7-11,13,19H2,1-2H3/t16-,18?/m0/s1. The maximum absolute atomic E-state index is 6.49. The molecule has 0 amide bonds. The van der Waals surface area contributed by atoms with Crippen molar-refractivity contribution < 1.29 is 4.74 Å². The Hall–Kier alpha value is -1.06. The molecular weight excluding hydrogens is 260 g/mol. The Bertz CT molecular complexity index is 502. The Morgan fingerprint density at radius 3 is 3.00 bits per heavy atom. The van der Waals surface area contributed by atoms with E-state index in [1.807, 2.05) is 0 Å². The molecule has 3 rings (SSSR count). The number of ether oxygens (including phenoxy) is 1. The van der Waals surface area contributed by atoms with E-state index in [2.05, 4.69) is 36.9 Å². The number of nitrogens with zero attached hydrogens (tertiary/aromatic N) is 1. The molecule has 0 bridgehead atoms. The summed E-state index contributed by atoms with van der Waals surface area (Å²) in [4.78, 5) is 2.58. The summed E-state index contributed by atoms with van der Waals surface area (Å²) < 4.78 is 6.49. The second-order valence-electron chi connectivity index (χ2n) is 6.83. The fourth-order valence-electron chi connectivity index (χ4n) is 3.91. The number of fused-ring (bicyclic) bond motifs is 1. The van der Waals surface area contributed by atoms with E-state index in [0.717, 1.165) is 31.6 Å². The predicted octanol–water partition coefficient (Wildman–Crippen LogP) is 3.41. The summed E-state index contributed by atoms with van der Waals surface area (Å²) in [6.07, 6.45) is 5.65. The van der Waals surface area contributed by atoms with E-state index >= 15 is 0 Å². The first-order valence-corrected chi connectivity index (χ1v) is 8.39. The van der Waals surface area contributed by atoms with Gasteiger partial charge in [0.15, 0.2) is 0 Å². The van der Waals surface area contributed by atoms with Crippen molar-refractivity contribution in [3.63, 3.8) is 0 Å². The van der Waals surface area contributed by atoms with E-state index < -0.39 is 0 Å². The van der Waals surface area contributed by atoms with E-state index in [4.69, 9.17) is 10.5 Å². The van der Waals surface area contributed by atoms with Gasteiger partial charge in [0.05, 0.1) is 0 Å². The van der Waals surface area contributed by atoms with Gasteiger partial charge in [0.25, 0.3) is 0 Å². The molecule has 0 radical (unpaired) electrons. The zero-order chi connectivity index (χ0) is 14.9. The lowest BCUT2D eigenvalue weighted by Gasteiger charge is -2.41. The molecule has 1 aromatic rings. The number of hydrogen-bond donors (Lipinski definition) is 1. The van der Waals surface area contributed by atoms with E-state index in [0.29, 0.717) is 0 Å². The van der Waals surface area contributed by atoms with Gasteiger partial charge < -0.3 is 15.4 Å². The first-order chi connectivity index (χ1) is 10.1. The minimum absolute atomic E-state index is 0.0375. The molecule has 0 aromatic heterocycles. The Morgan fingerprint density at radius 1 is 1.33 bits per heavy atom. The van der Waals surface area contributed by atoms with Crippen molar-refractivity contribution in [3.05, 3.63) is 29.3 Å². The summed E-state index contributed by atoms with van der Waals surface area (Å²) in [5.74, 6) is 1.02. The summed E-state index contributed by atoms with van der Waals surface area (Å²) in [6.45, 7) is 7.92. The van der Waals surface area contributed by atoms with Crippen LogP contribution in [0.5, 0.6) is 5.75 Å². The van der Waals surface area contributed by atoms with Crippen molar-refractivity contribution in [2.45, 2.75) is 57.6 Å². The second-order valence-corrected chi connectivity index (χ2v) is 6.83. The van der Waals surface area contributed by atoms with Crippen molar-refractivity contribution in [1.29, 1.82) is 0 Å². The molecule has 2 atom stereocenters. The predicted molar refractivity (Wildman–Crippen MR) is 86.7 cm³/mol. The van der Waals surface area contributed by atoms with Crippen LogP contribution in [-0.4, -0.2) is 30.1 Å². The van der Waals surface area contributed by atoms with Gasteiger partial charge in [-0.05, 0) is 51.8 Å². The van der Waals surface area contributed by atoms with Crippen LogP contribution in [0, 0.1) is 6.92 Å². The first kappa shape index (κ1) is 14.9. The number of rotatable bonds is 2. The molecule has 1 unspecified atom stereocenters. The zero-order valence-corrected chi connectivity index (χ0v) is 13.4. The topological polar surface area (TPSA) is 38.5 Å². The van der Waals surface area contributed by atoms with Crippen LogP contribution in [0.1, 0.15) is 56.2 Å². The SMILES string of the molecule is CCCN1CCCC2(CC1)C[C@H](N)c1cc(C)ccc1O2. The lowest BCUT2D eigenvalue weighted by Crippen LogP contribution is -2.43. The Morgan fingerprint density at radius 2 is 2.19 bits per heavy atom. The fourth-order valence-corrected chi connectivity index (χ4v) is 3.91. The molecule has 1 saturated heterocycles. The summed E-state index contributed by atoms with van der Waals surface area (Å²) in [5.41, 5.74) is 8.89. The average molecular weight is 288 g/mol. The maximum atomic E-state index is 6.49. The third-order valence-corrected chi connectivity index (χ3v) is 5.01. The summed E-state index contributed by atoms with van der Waals surface area (Å²) in [6, 6.07) is 6.55. The van der Waals surface area contributed by atoms with E-state index in [9.17, 15) is 0 Å². The van der Waals surface area contributed by atoms with Crippen LogP contribution in [0.3, 0.4) is 0 Å². The molecule has 2 aliphatic heterocycles. The van der Waals surface area contributed by atoms with Crippen molar-refractivity contribution >= 4 is 0 Å². The van der Waals surface area contributed by atoms with Crippen LogP contribution in [0.25, 0.3) is 0 Å². The minimum Gasteiger partial charge on any atom is -0.487 e. The Labute approximate surface area is 128 Å². The molecule has 2 N–H and O–H groups in total. The molecule has 116 valence electrons. The molecule has 1 spiro atoms. The highest BCUT2D eigenvalue weighted by molar-refractivity contribution is 5.41. The van der Waals surface area contributed by atoms with Gasteiger partial charge in [-0.3, -0.25) is 0 Å². The smallest absolute Gasteiger partial charge is 0.124 e. The van der Waals surface area contributed by atoms with Crippen molar-refractivity contribution in [1.82, 2.24) is 4.90 Å². The Kier molecular flexibility index (Phi) is 4.23. The molecule has 3 heteroatoms. The monoisotopic (exact) mass is 288 g/mol. The molecule has 1 aromatic carbocycles. The number of aryl methyl sites for hydroxylation is 1. The Balaban J connectivity index is 1.79. The number of hydrogen-bond acceptors (Lipinski definition) is 3. The summed E-state index contributed by atoms with van der Waals surface area (Å²) >= 11 is 0. The molecular formula is C18H28N2O. The average Bonchev–Trinajstić information content (AvgIpc) is 2.64. The molecule has 2 aliphatic rings. The first-order valence-electron chi connectivity index (χ1n) is 8.39. The van der Waals surface area contributed by atoms with Crippen LogP contribution in [0.4, 0.5) is 0 Å². The van der Waals surface area contributed by atoms with Crippen molar-refractivity contribution in [3.8, 4) is 5.75 Å². The number of likely N-dealkylation sites (tertiary alicyclic amines) is 1. The van der Waals surface area contributed by atoms with Crippen LogP contribution in [0.2, 0.25) is 0 Å². The van der Waals surface area contributed by atoms with E-state index in [1.165, 1.54) is 37.1 Å². The fraction of sp³-hybridized carbons (Fsp3) is 0.667. The molecule has 3 nitrogen and oxygen atoms in total. The normalized spacial score (nSPS) is 29.8. The number of benzene rings is 1. The van der Waals surface area contributed by atoms with Gasteiger partial charge in [-0.15, -0.1) is 0 Å². The van der Waals surface area contributed by atoms with Gasteiger partial charge in [0.2, 0.25) is 0 Å². The van der Waals surface area contributed by atoms with Gasteiger partial charge in [-0.2, -0.15) is 0 Å². The highest BCUT2D eigenvalue weighted by atomic mass is 16.5. The van der Waals surface area contributed by atoms with E-state index in [1.54, 1.807) is 0 Å². The highest BCUT2D eigenvalue weighted by Crippen LogP contribution is 2.43. The minimum atomic E-state index is -0.0375. The maximum Gasteiger partial charge on any atom is 0.124 e. The number of nitrogens with two attached hydrogens (primary N) is 1. The van der Waals surface area contributed by atoms with Gasteiger partial charge in [0.1, 0.15) is 11.4 Å². The molecule has 1 fully saturated rings. The molecule has 0 saturated carbocycles. The quantitative estimate of drug-likeness (QED) is 0.906. The third-order valence-electron chi connectivity index (χ3n) is 5.01.